The number of hydrogen-bond donors (Lipinski definition) is 1. The molecule has 4 nitrogen and oxygen atoms in total. The van der Waals surface area contributed by atoms with Gasteiger partial charge in [-0.15, -0.1) is 24.0 Å². The Morgan fingerprint density at radius 3 is 2.84 bits per heavy atom. The zero-order valence-electron chi connectivity index (χ0n) is 10.6. The molecule has 0 atom stereocenters. The van der Waals surface area contributed by atoms with Crippen molar-refractivity contribution in [1.29, 1.82) is 5.26 Å². The van der Waals surface area contributed by atoms with E-state index in [-0.39, 0.29) is 36.3 Å². The molecule has 1 aromatic rings. The van der Waals surface area contributed by atoms with E-state index in [1.165, 1.54) is 18.2 Å². The maximum Gasteiger partial charge on any atom is 0.191 e. The van der Waals surface area contributed by atoms with E-state index in [0.717, 1.165) is 12.8 Å². The number of halogens is 2. The summed E-state index contributed by atoms with van der Waals surface area (Å²) in [7, 11) is 1.89. The second-order valence-corrected chi connectivity index (χ2v) is 4.43. The fourth-order valence-corrected chi connectivity index (χ4v) is 1.69. The van der Waals surface area contributed by atoms with Gasteiger partial charge in [0.25, 0.3) is 0 Å². The van der Waals surface area contributed by atoms with Crippen LogP contribution >= 0.6 is 24.0 Å². The highest BCUT2D eigenvalue weighted by molar-refractivity contribution is 14.0. The molecule has 1 aromatic carbocycles. The van der Waals surface area contributed by atoms with Gasteiger partial charge < -0.3 is 10.6 Å². The first-order chi connectivity index (χ1) is 8.61. The Kier molecular flexibility index (Phi) is 5.54. The third-order valence-corrected chi connectivity index (χ3v) is 3.04. The number of rotatable bonds is 3. The molecule has 1 aliphatic rings. The van der Waals surface area contributed by atoms with Crippen molar-refractivity contribution in [1.82, 2.24) is 4.90 Å². The van der Waals surface area contributed by atoms with Crippen molar-refractivity contribution >= 4 is 29.9 Å². The fraction of sp³-hybridized carbons (Fsp3) is 0.385. The van der Waals surface area contributed by atoms with E-state index in [4.69, 9.17) is 11.0 Å². The number of guanidine groups is 1. The molecule has 1 aliphatic carbocycles. The molecule has 19 heavy (non-hydrogen) atoms. The van der Waals surface area contributed by atoms with Crippen molar-refractivity contribution < 1.29 is 4.39 Å². The molecule has 2 N–H and O–H groups in total. The number of nitrogens with two attached hydrogens (primary N) is 1. The minimum absolute atomic E-state index is 0. The van der Waals surface area contributed by atoms with Crippen LogP contribution in [-0.2, 0) is 6.54 Å². The summed E-state index contributed by atoms with van der Waals surface area (Å²) in [5.74, 6) is 0.0545. The van der Waals surface area contributed by atoms with E-state index < -0.39 is 0 Å². The van der Waals surface area contributed by atoms with E-state index in [2.05, 4.69) is 4.99 Å². The lowest BCUT2D eigenvalue weighted by Gasteiger charge is -2.16. The first kappa shape index (κ1) is 15.7. The highest BCUT2D eigenvalue weighted by Gasteiger charge is 2.27. The van der Waals surface area contributed by atoms with E-state index in [1.54, 1.807) is 0 Å². The van der Waals surface area contributed by atoms with E-state index in [9.17, 15) is 4.39 Å². The van der Waals surface area contributed by atoms with Crippen LogP contribution in [0.2, 0.25) is 0 Å². The minimum atomic E-state index is -0.361. The van der Waals surface area contributed by atoms with Gasteiger partial charge in [0.2, 0.25) is 0 Å². The van der Waals surface area contributed by atoms with Crippen LogP contribution in [0.1, 0.15) is 24.0 Å². The zero-order valence-corrected chi connectivity index (χ0v) is 13.0. The molecule has 6 heteroatoms. The predicted octanol–water partition coefficient (Wildman–Crippen LogP) is 2.22. The maximum absolute atomic E-state index is 13.5. The maximum atomic E-state index is 13.5. The zero-order chi connectivity index (χ0) is 13.1. The van der Waals surface area contributed by atoms with E-state index in [1.807, 2.05) is 18.0 Å². The quantitative estimate of drug-likeness (QED) is 0.501. The van der Waals surface area contributed by atoms with Gasteiger partial charge in [0.15, 0.2) is 5.96 Å². The molecule has 0 amide bonds. The lowest BCUT2D eigenvalue weighted by molar-refractivity contribution is 0.487. The minimum Gasteiger partial charge on any atom is -0.370 e. The lowest BCUT2D eigenvalue weighted by Crippen LogP contribution is -2.35. The molecule has 102 valence electrons. The molecule has 0 saturated heterocycles. The molecule has 0 spiro atoms. The largest absolute Gasteiger partial charge is 0.370 e. The topological polar surface area (TPSA) is 65.4 Å². The Hall–Kier alpha value is -1.36. The third kappa shape index (κ3) is 4.06. The standard InChI is InChI=1S/C13H15FN4.HI/c1-18(11-3-4-11)13(16)17-8-10-6-9(7-15)2-5-12(10)14;/h2,5-6,11H,3-4,8H2,1H3,(H2,16,17);1H. The van der Waals surface area contributed by atoms with Crippen molar-refractivity contribution in [3.05, 3.63) is 35.1 Å². The molecule has 1 fully saturated rings. The molecule has 0 aliphatic heterocycles. The Bertz CT molecular complexity index is 520. The summed E-state index contributed by atoms with van der Waals surface area (Å²) in [6.07, 6.45) is 2.26. The smallest absolute Gasteiger partial charge is 0.191 e. The molecule has 0 radical (unpaired) electrons. The van der Waals surface area contributed by atoms with Crippen molar-refractivity contribution in [3.8, 4) is 6.07 Å². The summed E-state index contributed by atoms with van der Waals surface area (Å²) in [4.78, 5) is 6.07. The van der Waals surface area contributed by atoms with Gasteiger partial charge in [-0.25, -0.2) is 9.38 Å². The SMILES string of the molecule is CN(C(N)=NCc1cc(C#N)ccc1F)C1CC1.I. The van der Waals surface area contributed by atoms with Crippen LogP contribution in [0.4, 0.5) is 4.39 Å². The Labute approximate surface area is 129 Å². The highest BCUT2D eigenvalue weighted by atomic mass is 127. The van der Waals surface area contributed by atoms with Gasteiger partial charge in [-0.1, -0.05) is 0 Å². The fourth-order valence-electron chi connectivity index (χ4n) is 1.69. The number of hydrogen-bond acceptors (Lipinski definition) is 2. The number of aliphatic imine (C=N–C) groups is 1. The van der Waals surface area contributed by atoms with Gasteiger partial charge in [-0.05, 0) is 31.0 Å². The molecular weight excluding hydrogens is 358 g/mol. The summed E-state index contributed by atoms with van der Waals surface area (Å²) in [6, 6.07) is 6.68. The van der Waals surface area contributed by atoms with Crippen molar-refractivity contribution in [2.24, 2.45) is 10.7 Å². The van der Waals surface area contributed by atoms with E-state index >= 15 is 0 Å². The van der Waals surface area contributed by atoms with Crippen molar-refractivity contribution in [3.63, 3.8) is 0 Å². The van der Waals surface area contributed by atoms with Crippen LogP contribution in [0.15, 0.2) is 23.2 Å². The average molecular weight is 374 g/mol. The number of nitrogens with zero attached hydrogens (tertiary/aromatic N) is 3. The summed E-state index contributed by atoms with van der Waals surface area (Å²) in [6.45, 7) is 0.157. The predicted molar refractivity (Wildman–Crippen MR) is 82.6 cm³/mol. The molecule has 0 unspecified atom stereocenters. The normalized spacial score (nSPS) is 14.5. The van der Waals surface area contributed by atoms with Gasteiger partial charge in [0.05, 0.1) is 18.2 Å². The Balaban J connectivity index is 0.00000180. The van der Waals surface area contributed by atoms with Crippen LogP contribution in [0.25, 0.3) is 0 Å². The van der Waals surface area contributed by atoms with E-state index in [0.29, 0.717) is 23.1 Å². The monoisotopic (exact) mass is 374 g/mol. The third-order valence-electron chi connectivity index (χ3n) is 3.04. The molecule has 0 heterocycles. The van der Waals surface area contributed by atoms with Crippen LogP contribution in [0.3, 0.4) is 0 Å². The first-order valence-corrected chi connectivity index (χ1v) is 5.83. The first-order valence-electron chi connectivity index (χ1n) is 5.83. The van der Waals surface area contributed by atoms with Crippen LogP contribution < -0.4 is 5.73 Å². The second kappa shape index (κ2) is 6.70. The second-order valence-electron chi connectivity index (χ2n) is 4.43. The summed E-state index contributed by atoms with van der Waals surface area (Å²) in [5, 5.41) is 8.76. The van der Waals surface area contributed by atoms with Crippen molar-refractivity contribution in [2.45, 2.75) is 25.4 Å². The van der Waals surface area contributed by atoms with Gasteiger partial charge in [-0.2, -0.15) is 5.26 Å². The molecule has 2 rings (SSSR count). The average Bonchev–Trinajstić information content (AvgIpc) is 3.20. The summed E-state index contributed by atoms with van der Waals surface area (Å²) < 4.78 is 13.5. The van der Waals surface area contributed by atoms with Gasteiger partial charge in [0.1, 0.15) is 5.82 Å². The van der Waals surface area contributed by atoms with Crippen LogP contribution in [0.5, 0.6) is 0 Å². The lowest BCUT2D eigenvalue weighted by atomic mass is 10.1. The van der Waals surface area contributed by atoms with Gasteiger partial charge >= 0.3 is 0 Å². The highest BCUT2D eigenvalue weighted by Crippen LogP contribution is 2.25. The number of nitriles is 1. The molecular formula is C13H16FIN4. The molecule has 0 bridgehead atoms. The molecule has 1 saturated carbocycles. The van der Waals surface area contributed by atoms with Crippen molar-refractivity contribution in [2.75, 3.05) is 7.05 Å². The van der Waals surface area contributed by atoms with Crippen LogP contribution in [0, 0.1) is 17.1 Å². The summed E-state index contributed by atoms with van der Waals surface area (Å²) in [5.41, 5.74) is 6.63. The van der Waals surface area contributed by atoms with Gasteiger partial charge in [0, 0.05) is 18.7 Å². The summed E-state index contributed by atoms with van der Waals surface area (Å²) >= 11 is 0. The van der Waals surface area contributed by atoms with Crippen LogP contribution in [-0.4, -0.2) is 23.9 Å². The Morgan fingerprint density at radius 1 is 1.58 bits per heavy atom. The van der Waals surface area contributed by atoms with Gasteiger partial charge in [-0.3, -0.25) is 0 Å². The number of benzene rings is 1. The molecule has 0 aromatic heterocycles. The Morgan fingerprint density at radius 2 is 2.26 bits per heavy atom.